The van der Waals surface area contributed by atoms with E-state index in [1.54, 1.807) is 36.6 Å². The van der Waals surface area contributed by atoms with Crippen LogP contribution in [0.4, 0.5) is 16.4 Å². The van der Waals surface area contributed by atoms with Crippen LogP contribution in [0, 0.1) is 10.1 Å². The Morgan fingerprint density at radius 1 is 1.07 bits per heavy atom. The molecule has 0 aliphatic carbocycles. The van der Waals surface area contributed by atoms with Crippen LogP contribution in [0.1, 0.15) is 27.6 Å². The molecule has 4 rings (SSSR count). The lowest BCUT2D eigenvalue weighted by molar-refractivity contribution is -0.384. The van der Waals surface area contributed by atoms with Gasteiger partial charge in [-0.15, -0.1) is 11.3 Å². The smallest absolute Gasteiger partial charge is 0.341 e. The van der Waals surface area contributed by atoms with Gasteiger partial charge < -0.3 is 14.8 Å². The third kappa shape index (κ3) is 6.65. The summed E-state index contributed by atoms with van der Waals surface area (Å²) in [5.74, 6) is -1.25. The molecule has 0 spiro atoms. The van der Waals surface area contributed by atoms with Crippen molar-refractivity contribution < 1.29 is 32.4 Å². The average Bonchev–Trinajstić information content (AvgIpc) is 3.36. The summed E-state index contributed by atoms with van der Waals surface area (Å²) in [6.45, 7) is 1.78. The minimum atomic E-state index is -4.30. The number of nitrogens with one attached hydrogen (secondary N) is 2. The van der Waals surface area contributed by atoms with Gasteiger partial charge in [0.1, 0.15) is 16.3 Å². The summed E-state index contributed by atoms with van der Waals surface area (Å²) in [5.41, 5.74) is 0.856. The predicted molar refractivity (Wildman–Crippen MR) is 156 cm³/mol. The molecule has 11 nitrogen and oxygen atoms in total. The second kappa shape index (κ2) is 12.4. The molecule has 4 aromatic rings. The van der Waals surface area contributed by atoms with Crippen LogP contribution in [-0.4, -0.2) is 38.9 Å². The predicted octanol–water partition coefficient (Wildman–Crippen LogP) is 6.22. The van der Waals surface area contributed by atoms with Gasteiger partial charge in [0.25, 0.3) is 21.6 Å². The summed E-state index contributed by atoms with van der Waals surface area (Å²) in [5, 5.41) is 16.3. The van der Waals surface area contributed by atoms with Gasteiger partial charge in [-0.1, -0.05) is 29.8 Å². The van der Waals surface area contributed by atoms with E-state index in [0.717, 1.165) is 23.5 Å². The highest BCUT2D eigenvalue weighted by Crippen LogP contribution is 2.37. The Kier molecular flexibility index (Phi) is 8.91. The number of anilines is 2. The lowest BCUT2D eigenvalue weighted by atomic mass is 10.0. The number of esters is 1. The third-order valence-corrected chi connectivity index (χ3v) is 8.21. The number of carbonyl (C=O) groups is 2. The van der Waals surface area contributed by atoms with Crippen LogP contribution in [0.5, 0.6) is 5.75 Å². The Bertz CT molecular complexity index is 1740. The van der Waals surface area contributed by atoms with Gasteiger partial charge >= 0.3 is 5.97 Å². The number of methoxy groups -OCH3 is 1. The first-order chi connectivity index (χ1) is 19.5. The number of amides is 1. The standard InChI is InChI=1S/C27H22ClN3O8S2/c1-3-39-27(33)24-21(16-7-9-18(28)10-8-16)15-40-26(24)29-25(32)17-5-4-6-20(13-17)41(36,37)30-22-14-19(31(34)35)11-12-23(22)38-2/h4-15,30H,3H2,1-2H3,(H,29,32). The number of rotatable bonds is 10. The van der Waals surface area contributed by atoms with Crippen LogP contribution in [-0.2, 0) is 14.8 Å². The van der Waals surface area contributed by atoms with Crippen molar-refractivity contribution in [3.63, 3.8) is 0 Å². The zero-order valence-electron chi connectivity index (χ0n) is 21.5. The fourth-order valence-electron chi connectivity index (χ4n) is 3.77. The van der Waals surface area contributed by atoms with Gasteiger partial charge in [-0.25, -0.2) is 13.2 Å². The molecule has 2 N–H and O–H groups in total. The van der Waals surface area contributed by atoms with Crippen LogP contribution >= 0.6 is 22.9 Å². The van der Waals surface area contributed by atoms with E-state index in [1.807, 2.05) is 0 Å². The molecular formula is C27H22ClN3O8S2. The van der Waals surface area contributed by atoms with E-state index < -0.39 is 26.8 Å². The van der Waals surface area contributed by atoms with E-state index in [-0.39, 0.29) is 44.8 Å². The van der Waals surface area contributed by atoms with Crippen molar-refractivity contribution >= 4 is 61.2 Å². The molecule has 14 heteroatoms. The Morgan fingerprint density at radius 3 is 2.46 bits per heavy atom. The van der Waals surface area contributed by atoms with Crippen molar-refractivity contribution in [1.82, 2.24) is 0 Å². The summed E-state index contributed by atoms with van der Waals surface area (Å²) in [7, 11) is -3.01. The molecule has 1 heterocycles. The van der Waals surface area contributed by atoms with E-state index in [4.69, 9.17) is 21.1 Å². The number of halogens is 1. The maximum Gasteiger partial charge on any atom is 0.341 e. The molecule has 0 aliphatic rings. The monoisotopic (exact) mass is 615 g/mol. The highest BCUT2D eigenvalue weighted by molar-refractivity contribution is 7.92. The minimum Gasteiger partial charge on any atom is -0.495 e. The summed E-state index contributed by atoms with van der Waals surface area (Å²) in [4.78, 5) is 36.3. The lowest BCUT2D eigenvalue weighted by Gasteiger charge is -2.13. The maximum atomic E-state index is 13.2. The Labute approximate surface area is 243 Å². The SMILES string of the molecule is CCOC(=O)c1c(-c2ccc(Cl)cc2)csc1NC(=O)c1cccc(S(=O)(=O)Nc2cc([N+](=O)[O-])ccc2OC)c1. The van der Waals surface area contributed by atoms with Crippen molar-refractivity contribution in [2.24, 2.45) is 0 Å². The summed E-state index contributed by atoms with van der Waals surface area (Å²) in [6.07, 6.45) is 0. The normalized spacial score (nSPS) is 11.0. The van der Waals surface area contributed by atoms with E-state index in [9.17, 15) is 28.1 Å². The van der Waals surface area contributed by atoms with Gasteiger partial charge in [0.2, 0.25) is 0 Å². The van der Waals surface area contributed by atoms with Crippen molar-refractivity contribution in [2.75, 3.05) is 23.8 Å². The number of ether oxygens (including phenoxy) is 2. The average molecular weight is 616 g/mol. The van der Waals surface area contributed by atoms with Crippen molar-refractivity contribution in [3.8, 4) is 16.9 Å². The first-order valence-electron chi connectivity index (χ1n) is 11.8. The number of non-ortho nitro benzene ring substituents is 1. The molecule has 0 aliphatic heterocycles. The van der Waals surface area contributed by atoms with Crippen molar-refractivity contribution in [2.45, 2.75) is 11.8 Å². The van der Waals surface area contributed by atoms with Crippen LogP contribution < -0.4 is 14.8 Å². The zero-order chi connectivity index (χ0) is 29.7. The van der Waals surface area contributed by atoms with Gasteiger partial charge in [-0.2, -0.15) is 0 Å². The number of sulfonamides is 1. The molecule has 0 unspecified atom stereocenters. The molecule has 0 atom stereocenters. The summed E-state index contributed by atoms with van der Waals surface area (Å²) in [6, 6.07) is 15.4. The summed E-state index contributed by atoms with van der Waals surface area (Å²) < 4.78 is 38.9. The second-order valence-electron chi connectivity index (χ2n) is 8.31. The van der Waals surface area contributed by atoms with Gasteiger partial charge in [0.15, 0.2) is 0 Å². The van der Waals surface area contributed by atoms with Gasteiger partial charge in [0, 0.05) is 33.7 Å². The van der Waals surface area contributed by atoms with Crippen LogP contribution in [0.3, 0.4) is 0 Å². The van der Waals surface area contributed by atoms with Gasteiger partial charge in [-0.05, 0) is 48.9 Å². The lowest BCUT2D eigenvalue weighted by Crippen LogP contribution is -2.17. The Morgan fingerprint density at radius 2 is 1.80 bits per heavy atom. The van der Waals surface area contributed by atoms with E-state index in [2.05, 4.69) is 10.0 Å². The number of carbonyl (C=O) groups excluding carboxylic acids is 2. The largest absolute Gasteiger partial charge is 0.495 e. The van der Waals surface area contributed by atoms with E-state index >= 15 is 0 Å². The quantitative estimate of drug-likeness (QED) is 0.121. The number of nitrogens with zero attached hydrogens (tertiary/aromatic N) is 1. The number of hydrogen-bond donors (Lipinski definition) is 2. The first kappa shape index (κ1) is 29.5. The first-order valence-corrected chi connectivity index (χ1v) is 14.6. The molecule has 0 saturated carbocycles. The number of nitro benzene ring substituents is 1. The molecule has 0 bridgehead atoms. The molecule has 0 saturated heterocycles. The summed E-state index contributed by atoms with van der Waals surface area (Å²) >= 11 is 7.10. The van der Waals surface area contributed by atoms with Gasteiger partial charge in [-0.3, -0.25) is 19.6 Å². The van der Waals surface area contributed by atoms with Crippen LogP contribution in [0.2, 0.25) is 5.02 Å². The molecule has 212 valence electrons. The molecule has 3 aromatic carbocycles. The highest BCUT2D eigenvalue weighted by Gasteiger charge is 2.25. The van der Waals surface area contributed by atoms with Crippen molar-refractivity contribution in [1.29, 1.82) is 0 Å². The number of benzene rings is 3. The van der Waals surface area contributed by atoms with E-state index in [1.165, 1.54) is 37.4 Å². The topological polar surface area (TPSA) is 154 Å². The Balaban J connectivity index is 1.64. The van der Waals surface area contributed by atoms with Crippen LogP contribution in [0.15, 0.2) is 77.0 Å². The highest BCUT2D eigenvalue weighted by atomic mass is 35.5. The fourth-order valence-corrected chi connectivity index (χ4v) is 5.96. The molecule has 1 amide bonds. The fraction of sp³-hybridized carbons (Fsp3) is 0.111. The number of thiophene rings is 1. The van der Waals surface area contributed by atoms with Gasteiger partial charge in [0.05, 0.1) is 29.2 Å². The molecule has 0 radical (unpaired) electrons. The molecule has 1 aromatic heterocycles. The van der Waals surface area contributed by atoms with E-state index in [0.29, 0.717) is 16.1 Å². The number of nitro groups is 1. The molecule has 41 heavy (non-hydrogen) atoms. The zero-order valence-corrected chi connectivity index (χ0v) is 23.9. The van der Waals surface area contributed by atoms with Crippen LogP contribution in [0.25, 0.3) is 11.1 Å². The maximum absolute atomic E-state index is 13.2. The minimum absolute atomic E-state index is 0.0184. The van der Waals surface area contributed by atoms with Crippen molar-refractivity contribution in [3.05, 3.63) is 98.4 Å². The Hall–Kier alpha value is -4.46. The number of hydrogen-bond acceptors (Lipinski definition) is 9. The molecule has 0 fully saturated rings. The molecular weight excluding hydrogens is 594 g/mol. The third-order valence-electron chi connectivity index (χ3n) is 5.70. The second-order valence-corrected chi connectivity index (χ2v) is 11.3.